The summed E-state index contributed by atoms with van der Waals surface area (Å²) >= 11 is 1.54. The molecule has 0 unspecified atom stereocenters. The van der Waals surface area contributed by atoms with E-state index in [1.807, 2.05) is 63.4 Å². The summed E-state index contributed by atoms with van der Waals surface area (Å²) < 4.78 is 3.40. The van der Waals surface area contributed by atoms with Gasteiger partial charge in [0.05, 0.1) is 16.6 Å². The molecule has 1 aliphatic heterocycles. The van der Waals surface area contributed by atoms with Gasteiger partial charge >= 0.3 is 0 Å². The predicted molar refractivity (Wildman–Crippen MR) is 107 cm³/mol. The predicted octanol–water partition coefficient (Wildman–Crippen LogP) is 3.05. The number of benzene rings is 1. The van der Waals surface area contributed by atoms with Crippen LogP contribution in [-0.2, 0) is 11.8 Å². The fourth-order valence-corrected chi connectivity index (χ4v) is 4.68. The summed E-state index contributed by atoms with van der Waals surface area (Å²) in [5, 5.41) is -0.487. The van der Waals surface area contributed by atoms with Gasteiger partial charge in [0.25, 0.3) is 5.56 Å². The van der Waals surface area contributed by atoms with E-state index < -0.39 is 0 Å². The second-order valence-electron chi connectivity index (χ2n) is 6.54. The summed E-state index contributed by atoms with van der Waals surface area (Å²) in [6, 6.07) is 13.2. The third-order valence-electron chi connectivity index (χ3n) is 4.89. The second-order valence-corrected chi connectivity index (χ2v) is 7.96. The number of hydrogen-bond acceptors (Lipinski definition) is 4. The lowest BCUT2D eigenvalue weighted by Gasteiger charge is -2.22. The molecule has 0 aliphatic carbocycles. The number of hydrogen-bond donors (Lipinski definition) is 0. The Morgan fingerprint density at radius 1 is 1.07 bits per heavy atom. The van der Waals surface area contributed by atoms with E-state index in [0.29, 0.717) is 5.69 Å². The zero-order valence-electron chi connectivity index (χ0n) is 15.4. The van der Waals surface area contributed by atoms with E-state index >= 15 is 0 Å². The Hall–Kier alpha value is -2.80. The molecule has 2 aromatic heterocycles. The number of carbonyl (C=O) groups excluding carboxylic acids is 1. The van der Waals surface area contributed by atoms with Gasteiger partial charge in [-0.2, -0.15) is 0 Å². The van der Waals surface area contributed by atoms with Crippen LogP contribution in [0.2, 0.25) is 0 Å². The number of thioether (sulfide) groups is 1. The number of amides is 1. The lowest BCUT2D eigenvalue weighted by molar-refractivity contribution is -0.117. The highest BCUT2D eigenvalue weighted by Crippen LogP contribution is 2.45. The summed E-state index contributed by atoms with van der Waals surface area (Å²) in [5.74, 6) is -0.0557. The molecule has 1 amide bonds. The summed E-state index contributed by atoms with van der Waals surface area (Å²) in [5.41, 5.74) is 2.66. The maximum absolute atomic E-state index is 13.4. The second kappa shape index (κ2) is 6.74. The SMILES string of the molecule is Cc1c(N2C(=O)[C@@H](C)S[C@H]2c2cccnc2)c(=O)n(-c2ccccc2)n1C. The molecule has 4 rings (SSSR count). The Kier molecular flexibility index (Phi) is 4.39. The molecule has 1 saturated heterocycles. The van der Waals surface area contributed by atoms with E-state index in [-0.39, 0.29) is 22.1 Å². The quantitative estimate of drug-likeness (QED) is 0.701. The molecule has 2 atom stereocenters. The molecule has 0 bridgehead atoms. The lowest BCUT2D eigenvalue weighted by atomic mass is 10.2. The van der Waals surface area contributed by atoms with Gasteiger partial charge in [-0.15, -0.1) is 11.8 Å². The normalized spacial score (nSPS) is 19.7. The smallest absolute Gasteiger partial charge is 0.288 e. The van der Waals surface area contributed by atoms with Gasteiger partial charge in [0, 0.05) is 25.0 Å². The summed E-state index contributed by atoms with van der Waals surface area (Å²) in [7, 11) is 1.84. The molecule has 1 fully saturated rings. The van der Waals surface area contributed by atoms with Crippen molar-refractivity contribution in [2.24, 2.45) is 7.05 Å². The van der Waals surface area contributed by atoms with E-state index in [2.05, 4.69) is 4.98 Å². The number of rotatable bonds is 3. The highest BCUT2D eigenvalue weighted by molar-refractivity contribution is 8.01. The molecule has 0 saturated carbocycles. The van der Waals surface area contributed by atoms with Crippen LogP contribution in [0.5, 0.6) is 0 Å². The number of para-hydroxylation sites is 1. The van der Waals surface area contributed by atoms with Crippen LogP contribution in [0.3, 0.4) is 0 Å². The van der Waals surface area contributed by atoms with Gasteiger partial charge in [-0.3, -0.25) is 24.2 Å². The molecule has 0 N–H and O–H groups in total. The van der Waals surface area contributed by atoms with Crippen LogP contribution in [0, 0.1) is 6.92 Å². The Balaban J connectivity index is 1.90. The fraction of sp³-hybridized carbons (Fsp3) is 0.250. The zero-order valence-corrected chi connectivity index (χ0v) is 16.2. The highest BCUT2D eigenvalue weighted by Gasteiger charge is 2.42. The van der Waals surface area contributed by atoms with Crippen molar-refractivity contribution in [3.8, 4) is 5.69 Å². The maximum Gasteiger partial charge on any atom is 0.295 e. The lowest BCUT2D eigenvalue weighted by Crippen LogP contribution is -2.34. The Bertz CT molecular complexity index is 1040. The number of aromatic nitrogens is 3. The van der Waals surface area contributed by atoms with Gasteiger partial charge in [0.2, 0.25) is 5.91 Å². The van der Waals surface area contributed by atoms with Crippen molar-refractivity contribution in [2.45, 2.75) is 24.5 Å². The average Bonchev–Trinajstić information content (AvgIpc) is 3.10. The number of carbonyl (C=O) groups is 1. The van der Waals surface area contributed by atoms with Gasteiger partial charge in [0.15, 0.2) is 0 Å². The molecular formula is C20H20N4O2S. The molecule has 7 heteroatoms. The minimum atomic E-state index is -0.265. The first-order valence-electron chi connectivity index (χ1n) is 8.73. The third-order valence-corrected chi connectivity index (χ3v) is 6.24. The van der Waals surface area contributed by atoms with Crippen molar-refractivity contribution in [1.29, 1.82) is 0 Å². The first-order chi connectivity index (χ1) is 13.0. The first kappa shape index (κ1) is 17.6. The molecule has 1 aliphatic rings. The van der Waals surface area contributed by atoms with E-state index in [9.17, 15) is 9.59 Å². The van der Waals surface area contributed by atoms with Crippen LogP contribution in [0.1, 0.15) is 23.6 Å². The standard InChI is InChI=1S/C20H20N4O2S/c1-13-17(19(26)24(22(13)3)16-9-5-4-6-10-16)23-18(25)14(2)27-20(23)15-8-7-11-21-12-15/h4-12,14,20H,1-3H3/t14-,20+/m1/s1. The van der Waals surface area contributed by atoms with Crippen LogP contribution in [-0.4, -0.2) is 25.5 Å². The summed E-state index contributed by atoms with van der Waals surface area (Å²) in [4.78, 5) is 32.2. The molecule has 3 aromatic rings. The van der Waals surface area contributed by atoms with Crippen LogP contribution < -0.4 is 10.5 Å². The molecule has 1 aromatic carbocycles. The van der Waals surface area contributed by atoms with Gasteiger partial charge in [0.1, 0.15) is 11.1 Å². The monoisotopic (exact) mass is 380 g/mol. The van der Waals surface area contributed by atoms with Crippen molar-refractivity contribution < 1.29 is 4.79 Å². The van der Waals surface area contributed by atoms with E-state index in [0.717, 1.165) is 16.9 Å². The third kappa shape index (κ3) is 2.78. The largest absolute Gasteiger partial charge is 0.295 e. The number of pyridine rings is 1. The average molecular weight is 380 g/mol. The van der Waals surface area contributed by atoms with Gasteiger partial charge in [-0.05, 0) is 32.0 Å². The molecule has 6 nitrogen and oxygen atoms in total. The maximum atomic E-state index is 13.4. The van der Waals surface area contributed by atoms with E-state index in [1.165, 1.54) is 11.8 Å². The van der Waals surface area contributed by atoms with Crippen LogP contribution in [0.25, 0.3) is 5.69 Å². The molecule has 138 valence electrons. The summed E-state index contributed by atoms with van der Waals surface area (Å²) in [6.45, 7) is 3.75. The van der Waals surface area contributed by atoms with Gasteiger partial charge in [-0.25, -0.2) is 4.68 Å². The Morgan fingerprint density at radius 3 is 2.48 bits per heavy atom. The van der Waals surface area contributed by atoms with E-state index in [1.54, 1.807) is 26.7 Å². The van der Waals surface area contributed by atoms with Crippen molar-refractivity contribution >= 4 is 23.4 Å². The first-order valence-corrected chi connectivity index (χ1v) is 9.67. The van der Waals surface area contributed by atoms with Crippen molar-refractivity contribution in [3.63, 3.8) is 0 Å². The Morgan fingerprint density at radius 2 is 1.81 bits per heavy atom. The van der Waals surface area contributed by atoms with Crippen LogP contribution in [0.4, 0.5) is 5.69 Å². The molecule has 0 radical (unpaired) electrons. The molecule has 27 heavy (non-hydrogen) atoms. The molecule has 0 spiro atoms. The van der Waals surface area contributed by atoms with E-state index in [4.69, 9.17) is 0 Å². The fourth-order valence-electron chi connectivity index (χ4n) is 3.43. The van der Waals surface area contributed by atoms with Crippen molar-refractivity contribution in [3.05, 3.63) is 76.5 Å². The Labute approximate surface area is 161 Å². The van der Waals surface area contributed by atoms with Crippen molar-refractivity contribution in [1.82, 2.24) is 14.3 Å². The minimum Gasteiger partial charge on any atom is -0.288 e. The number of anilines is 1. The highest BCUT2D eigenvalue weighted by atomic mass is 32.2. The summed E-state index contributed by atoms with van der Waals surface area (Å²) in [6.07, 6.45) is 3.46. The van der Waals surface area contributed by atoms with Gasteiger partial charge < -0.3 is 0 Å². The van der Waals surface area contributed by atoms with Gasteiger partial charge in [-0.1, -0.05) is 24.3 Å². The minimum absolute atomic E-state index is 0.0557. The van der Waals surface area contributed by atoms with Crippen LogP contribution in [0.15, 0.2) is 59.7 Å². The number of nitrogens with zero attached hydrogens (tertiary/aromatic N) is 4. The topological polar surface area (TPSA) is 60.1 Å². The van der Waals surface area contributed by atoms with Crippen LogP contribution >= 0.6 is 11.8 Å². The van der Waals surface area contributed by atoms with Crippen molar-refractivity contribution in [2.75, 3.05) is 4.90 Å². The molecular weight excluding hydrogens is 360 g/mol. The zero-order chi connectivity index (χ0) is 19.1. The molecule has 3 heterocycles.